The van der Waals surface area contributed by atoms with Crippen molar-refractivity contribution in [1.82, 2.24) is 5.32 Å². The lowest BCUT2D eigenvalue weighted by Gasteiger charge is -2.41. The molecule has 1 amide bonds. The zero-order valence-electron chi connectivity index (χ0n) is 18.4. The molecule has 6 heteroatoms. The molecule has 0 fully saturated rings. The fourth-order valence-corrected chi connectivity index (χ4v) is 4.92. The summed E-state index contributed by atoms with van der Waals surface area (Å²) in [4.78, 5) is 12.6. The van der Waals surface area contributed by atoms with Crippen molar-refractivity contribution in [3.63, 3.8) is 0 Å². The van der Waals surface area contributed by atoms with Crippen molar-refractivity contribution in [2.75, 3.05) is 14.2 Å². The minimum atomic E-state index is -0.435. The van der Waals surface area contributed by atoms with Gasteiger partial charge in [-0.3, -0.25) is 0 Å². The maximum absolute atomic E-state index is 12.6. The van der Waals surface area contributed by atoms with E-state index in [-0.39, 0.29) is 24.0 Å². The maximum atomic E-state index is 12.6. The first-order valence-corrected chi connectivity index (χ1v) is 10.8. The minimum absolute atomic E-state index is 0.0520. The van der Waals surface area contributed by atoms with Crippen molar-refractivity contribution in [2.24, 2.45) is 5.92 Å². The van der Waals surface area contributed by atoms with E-state index in [0.717, 1.165) is 30.1 Å². The van der Waals surface area contributed by atoms with E-state index in [1.807, 2.05) is 38.1 Å². The zero-order chi connectivity index (χ0) is 22.0. The first kappa shape index (κ1) is 21.1. The minimum Gasteiger partial charge on any atom is -0.497 e. The van der Waals surface area contributed by atoms with Gasteiger partial charge in [0.2, 0.25) is 0 Å². The van der Waals surface area contributed by atoms with Gasteiger partial charge in [-0.25, -0.2) is 4.79 Å². The van der Waals surface area contributed by atoms with Crippen LogP contribution in [0.25, 0.3) is 0 Å². The first-order chi connectivity index (χ1) is 15.2. The number of carbonyl (C=O) groups excluding carboxylic acids is 1. The predicted molar refractivity (Wildman–Crippen MR) is 118 cm³/mol. The number of hydrogen-bond acceptors (Lipinski definition) is 5. The lowest BCUT2D eigenvalue weighted by Crippen LogP contribution is -2.50. The normalized spacial score (nSPS) is 24.5. The number of hydrogen-bond donors (Lipinski definition) is 1. The molecule has 1 N–H and O–H groups in total. The number of rotatable bonds is 4. The number of ether oxygens (including phenoxy) is 4. The molecule has 31 heavy (non-hydrogen) atoms. The van der Waals surface area contributed by atoms with Gasteiger partial charge in [-0.2, -0.15) is 0 Å². The summed E-state index contributed by atoms with van der Waals surface area (Å²) in [6.07, 6.45) is 2.98. The second kappa shape index (κ2) is 8.92. The number of allylic oxidation sites excluding steroid dienone is 1. The molecule has 3 aliphatic rings. The summed E-state index contributed by atoms with van der Waals surface area (Å²) in [5.41, 5.74) is 2.36. The van der Waals surface area contributed by atoms with Gasteiger partial charge in [-0.05, 0) is 48.6 Å². The van der Waals surface area contributed by atoms with Gasteiger partial charge in [0, 0.05) is 17.5 Å². The van der Waals surface area contributed by atoms with E-state index in [9.17, 15) is 4.79 Å². The predicted octanol–water partition coefficient (Wildman–Crippen LogP) is 4.83. The van der Waals surface area contributed by atoms with E-state index in [1.165, 1.54) is 11.1 Å². The highest BCUT2D eigenvalue weighted by Gasteiger charge is 2.52. The number of amides is 1. The molecule has 0 saturated carbocycles. The summed E-state index contributed by atoms with van der Waals surface area (Å²) in [7, 11) is 3.33. The van der Waals surface area contributed by atoms with E-state index in [2.05, 4.69) is 17.5 Å². The quantitative estimate of drug-likeness (QED) is 0.763. The van der Waals surface area contributed by atoms with E-state index in [0.29, 0.717) is 5.75 Å². The Balaban J connectivity index is 0.00000112. The van der Waals surface area contributed by atoms with Gasteiger partial charge in [0.1, 0.15) is 11.5 Å². The molecule has 4 unspecified atom stereocenters. The Morgan fingerprint density at radius 2 is 1.84 bits per heavy atom. The van der Waals surface area contributed by atoms with Crippen LogP contribution in [0.1, 0.15) is 37.3 Å². The molecule has 2 aliphatic carbocycles. The number of methoxy groups -OCH3 is 2. The Kier molecular flexibility index (Phi) is 6.07. The summed E-state index contributed by atoms with van der Waals surface area (Å²) < 4.78 is 22.9. The largest absolute Gasteiger partial charge is 0.497 e. The monoisotopic (exact) mass is 423 g/mol. The van der Waals surface area contributed by atoms with Crippen LogP contribution in [0.15, 0.2) is 54.3 Å². The van der Waals surface area contributed by atoms with Gasteiger partial charge >= 0.3 is 6.09 Å². The Hall–Kier alpha value is -3.15. The van der Waals surface area contributed by atoms with Crippen molar-refractivity contribution in [3.05, 3.63) is 65.4 Å². The Bertz CT molecular complexity index is 971. The van der Waals surface area contributed by atoms with Crippen molar-refractivity contribution in [1.29, 1.82) is 0 Å². The van der Waals surface area contributed by atoms with E-state index in [1.54, 1.807) is 26.4 Å². The van der Waals surface area contributed by atoms with Gasteiger partial charge in [0.25, 0.3) is 0 Å². The second-order valence-electron chi connectivity index (χ2n) is 7.60. The molecule has 0 aromatic heterocycles. The third-order valence-electron chi connectivity index (χ3n) is 6.16. The zero-order valence-corrected chi connectivity index (χ0v) is 18.4. The summed E-state index contributed by atoms with van der Waals surface area (Å²) in [6, 6.07) is 13.1. The number of nitrogens with one attached hydrogen (secondary N) is 1. The Morgan fingerprint density at radius 3 is 2.55 bits per heavy atom. The van der Waals surface area contributed by atoms with Crippen LogP contribution in [-0.4, -0.2) is 32.5 Å². The van der Waals surface area contributed by atoms with Crippen LogP contribution >= 0.6 is 0 Å². The molecule has 164 valence electrons. The fraction of sp³-hybridized carbons (Fsp3) is 0.400. The Morgan fingerprint density at radius 1 is 1.06 bits per heavy atom. The third-order valence-corrected chi connectivity index (χ3v) is 6.16. The molecule has 2 aromatic carbocycles. The molecule has 2 aromatic rings. The van der Waals surface area contributed by atoms with Gasteiger partial charge in [-0.1, -0.05) is 38.1 Å². The molecule has 6 nitrogen and oxygen atoms in total. The highest BCUT2D eigenvalue weighted by Crippen LogP contribution is 2.56. The van der Waals surface area contributed by atoms with Gasteiger partial charge < -0.3 is 24.3 Å². The van der Waals surface area contributed by atoms with Crippen LogP contribution in [0.3, 0.4) is 0 Å². The highest BCUT2D eigenvalue weighted by molar-refractivity contribution is 5.71. The first-order valence-electron chi connectivity index (χ1n) is 10.8. The topological polar surface area (TPSA) is 66.0 Å². The lowest BCUT2D eigenvalue weighted by molar-refractivity contribution is 0.101. The highest BCUT2D eigenvalue weighted by atomic mass is 16.6. The average molecular weight is 424 g/mol. The van der Waals surface area contributed by atoms with Crippen molar-refractivity contribution >= 4 is 6.09 Å². The van der Waals surface area contributed by atoms with E-state index >= 15 is 0 Å². The van der Waals surface area contributed by atoms with Crippen LogP contribution in [0.4, 0.5) is 4.79 Å². The number of para-hydroxylation sites is 1. The average Bonchev–Trinajstić information content (AvgIpc) is 3.21. The smallest absolute Gasteiger partial charge is 0.412 e. The summed E-state index contributed by atoms with van der Waals surface area (Å²) in [6.45, 7) is 4.00. The fourth-order valence-electron chi connectivity index (χ4n) is 4.92. The van der Waals surface area contributed by atoms with Crippen molar-refractivity contribution < 1.29 is 23.7 Å². The molecular formula is C25H29NO5. The van der Waals surface area contributed by atoms with Crippen LogP contribution in [-0.2, 0) is 11.2 Å². The SMILES string of the molecule is CC.COC1=CCC2C(NC(=O)Oc3ccccc3)Cc3ccc(OC)c4c3C2C1O4. The molecular weight excluding hydrogens is 394 g/mol. The molecule has 0 bridgehead atoms. The molecule has 0 saturated heterocycles. The maximum Gasteiger partial charge on any atom is 0.412 e. The number of benzene rings is 2. The molecule has 0 spiro atoms. The number of carbonyl (C=O) groups is 1. The summed E-state index contributed by atoms with van der Waals surface area (Å²) in [5.74, 6) is 3.22. The molecule has 4 atom stereocenters. The van der Waals surface area contributed by atoms with E-state index < -0.39 is 6.09 Å². The summed E-state index contributed by atoms with van der Waals surface area (Å²) >= 11 is 0. The third kappa shape index (κ3) is 3.71. The molecule has 5 rings (SSSR count). The van der Waals surface area contributed by atoms with Crippen LogP contribution in [0, 0.1) is 5.92 Å². The molecule has 0 radical (unpaired) electrons. The van der Waals surface area contributed by atoms with Crippen molar-refractivity contribution in [3.8, 4) is 17.2 Å². The summed E-state index contributed by atoms with van der Waals surface area (Å²) in [5, 5.41) is 3.09. The van der Waals surface area contributed by atoms with Crippen LogP contribution in [0.2, 0.25) is 0 Å². The van der Waals surface area contributed by atoms with Gasteiger partial charge in [0.15, 0.2) is 17.6 Å². The van der Waals surface area contributed by atoms with E-state index in [4.69, 9.17) is 18.9 Å². The molecule has 1 heterocycles. The van der Waals surface area contributed by atoms with Crippen LogP contribution < -0.4 is 19.5 Å². The van der Waals surface area contributed by atoms with Gasteiger partial charge in [0.05, 0.1) is 14.2 Å². The van der Waals surface area contributed by atoms with Crippen LogP contribution in [0.5, 0.6) is 17.2 Å². The van der Waals surface area contributed by atoms with Crippen molar-refractivity contribution in [2.45, 2.75) is 44.8 Å². The molecule has 1 aliphatic heterocycles. The Labute approximate surface area is 183 Å². The van der Waals surface area contributed by atoms with Gasteiger partial charge in [-0.15, -0.1) is 0 Å². The standard InChI is InChI=1S/C23H23NO5.C2H6/c1-26-17-10-8-13-12-16(24-23(25)28-14-6-4-3-5-7-14)15-9-11-18(27-2)22-20(15)19(13)21(17)29-22;1-2/h3-8,10-11,15-16,20,22H,9,12H2,1-2H3,(H,24,25);1-2H3. The lowest BCUT2D eigenvalue weighted by atomic mass is 9.67. The second-order valence-corrected chi connectivity index (χ2v) is 7.60.